The second-order valence-corrected chi connectivity index (χ2v) is 6.36. The predicted molar refractivity (Wildman–Crippen MR) is 98.5 cm³/mol. The SMILES string of the molecule is Brc1ccc(Nc2nnc(Cc3cccc4ccccc34)o2)cc1. The fraction of sp³-hybridized carbons (Fsp3) is 0.0526. The van der Waals surface area contributed by atoms with Crippen molar-refractivity contribution < 1.29 is 4.42 Å². The largest absolute Gasteiger partial charge is 0.408 e. The monoisotopic (exact) mass is 379 g/mol. The molecule has 0 radical (unpaired) electrons. The van der Waals surface area contributed by atoms with E-state index in [1.807, 2.05) is 36.4 Å². The molecule has 0 saturated heterocycles. The summed E-state index contributed by atoms with van der Waals surface area (Å²) in [6.45, 7) is 0. The molecule has 3 aromatic carbocycles. The Kier molecular flexibility index (Phi) is 4.01. The summed E-state index contributed by atoms with van der Waals surface area (Å²) in [5, 5.41) is 13.7. The van der Waals surface area contributed by atoms with Crippen LogP contribution in [0.2, 0.25) is 0 Å². The smallest absolute Gasteiger partial charge is 0.320 e. The van der Waals surface area contributed by atoms with Crippen LogP contribution < -0.4 is 5.32 Å². The zero-order chi connectivity index (χ0) is 16.4. The summed E-state index contributed by atoms with van der Waals surface area (Å²) in [6.07, 6.45) is 0.608. The number of anilines is 2. The Morgan fingerprint density at radius 2 is 1.67 bits per heavy atom. The van der Waals surface area contributed by atoms with E-state index < -0.39 is 0 Å². The van der Waals surface area contributed by atoms with Crippen molar-refractivity contribution >= 4 is 38.4 Å². The topological polar surface area (TPSA) is 51.0 Å². The van der Waals surface area contributed by atoms with Gasteiger partial charge >= 0.3 is 6.01 Å². The van der Waals surface area contributed by atoms with Gasteiger partial charge < -0.3 is 9.73 Å². The van der Waals surface area contributed by atoms with Crippen LogP contribution in [-0.2, 0) is 6.42 Å². The molecule has 118 valence electrons. The third kappa shape index (κ3) is 3.16. The number of nitrogens with one attached hydrogen (secondary N) is 1. The maximum atomic E-state index is 5.73. The first kappa shape index (κ1) is 14.9. The van der Waals surface area contributed by atoms with Gasteiger partial charge in [0, 0.05) is 10.2 Å². The van der Waals surface area contributed by atoms with Crippen LogP contribution in [0.15, 0.2) is 75.6 Å². The van der Waals surface area contributed by atoms with Crippen molar-refractivity contribution in [2.45, 2.75) is 6.42 Å². The lowest BCUT2D eigenvalue weighted by molar-refractivity contribution is 0.521. The number of benzene rings is 3. The summed E-state index contributed by atoms with van der Waals surface area (Å²) in [7, 11) is 0. The van der Waals surface area contributed by atoms with Crippen LogP contribution in [0.3, 0.4) is 0 Å². The van der Waals surface area contributed by atoms with Gasteiger partial charge in [0.2, 0.25) is 5.89 Å². The van der Waals surface area contributed by atoms with E-state index in [9.17, 15) is 0 Å². The number of fused-ring (bicyclic) bond motifs is 1. The maximum Gasteiger partial charge on any atom is 0.320 e. The fourth-order valence-corrected chi connectivity index (χ4v) is 2.91. The molecule has 0 unspecified atom stereocenters. The van der Waals surface area contributed by atoms with E-state index in [0.29, 0.717) is 18.3 Å². The van der Waals surface area contributed by atoms with Gasteiger partial charge in [-0.05, 0) is 40.6 Å². The van der Waals surface area contributed by atoms with Crippen LogP contribution in [0, 0.1) is 0 Å². The molecule has 4 rings (SSSR count). The lowest BCUT2D eigenvalue weighted by Crippen LogP contribution is -1.90. The molecule has 1 heterocycles. The molecule has 0 aliphatic heterocycles. The Balaban J connectivity index is 1.55. The van der Waals surface area contributed by atoms with Crippen molar-refractivity contribution in [3.05, 3.63) is 82.7 Å². The van der Waals surface area contributed by atoms with Crippen molar-refractivity contribution in [1.82, 2.24) is 10.2 Å². The molecular formula is C19H14BrN3O. The minimum absolute atomic E-state index is 0.396. The highest BCUT2D eigenvalue weighted by molar-refractivity contribution is 9.10. The summed E-state index contributed by atoms with van der Waals surface area (Å²) in [5.74, 6) is 0.589. The Morgan fingerprint density at radius 3 is 2.54 bits per heavy atom. The van der Waals surface area contributed by atoms with Gasteiger partial charge in [0.05, 0.1) is 6.42 Å². The van der Waals surface area contributed by atoms with Gasteiger partial charge in [-0.3, -0.25) is 0 Å². The standard InChI is InChI=1S/C19H14BrN3O/c20-15-8-10-16(11-9-15)21-19-23-22-18(24-19)12-14-6-3-5-13-4-1-2-7-17(13)14/h1-11H,12H2,(H,21,23). The van der Waals surface area contributed by atoms with Crippen LogP contribution in [0.5, 0.6) is 0 Å². The molecule has 0 bridgehead atoms. The van der Waals surface area contributed by atoms with Crippen LogP contribution in [0.1, 0.15) is 11.5 Å². The van der Waals surface area contributed by atoms with Crippen LogP contribution in [0.25, 0.3) is 10.8 Å². The zero-order valence-corrected chi connectivity index (χ0v) is 14.3. The van der Waals surface area contributed by atoms with Crippen molar-refractivity contribution in [2.75, 3.05) is 5.32 Å². The molecule has 4 nitrogen and oxygen atoms in total. The molecule has 4 aromatic rings. The minimum atomic E-state index is 0.396. The van der Waals surface area contributed by atoms with E-state index in [-0.39, 0.29) is 0 Å². The molecule has 0 amide bonds. The second-order valence-electron chi connectivity index (χ2n) is 5.45. The Labute approximate surface area is 147 Å². The van der Waals surface area contributed by atoms with Gasteiger partial charge in [-0.25, -0.2) is 0 Å². The predicted octanol–water partition coefficient (Wildman–Crippen LogP) is 5.32. The van der Waals surface area contributed by atoms with Crippen molar-refractivity contribution in [3.63, 3.8) is 0 Å². The van der Waals surface area contributed by atoms with Crippen molar-refractivity contribution in [1.29, 1.82) is 0 Å². The molecule has 0 aliphatic rings. The molecule has 0 fully saturated rings. The molecule has 0 atom stereocenters. The third-order valence-corrected chi connectivity index (χ3v) is 4.31. The Hall–Kier alpha value is -2.66. The van der Waals surface area contributed by atoms with Crippen LogP contribution >= 0.6 is 15.9 Å². The molecule has 5 heteroatoms. The van der Waals surface area contributed by atoms with Gasteiger partial charge in [-0.15, -0.1) is 5.10 Å². The summed E-state index contributed by atoms with van der Waals surface area (Å²) < 4.78 is 6.75. The first-order chi connectivity index (χ1) is 11.8. The second kappa shape index (κ2) is 6.45. The Bertz CT molecular complexity index is 974. The molecule has 0 saturated carbocycles. The summed E-state index contributed by atoms with van der Waals surface area (Å²) in [6, 6.07) is 22.7. The quantitative estimate of drug-likeness (QED) is 0.521. The average molecular weight is 380 g/mol. The van der Waals surface area contributed by atoms with E-state index in [1.54, 1.807) is 0 Å². The number of hydrogen-bond donors (Lipinski definition) is 1. The molecular weight excluding hydrogens is 366 g/mol. The highest BCUT2D eigenvalue weighted by atomic mass is 79.9. The van der Waals surface area contributed by atoms with E-state index in [0.717, 1.165) is 10.2 Å². The van der Waals surface area contributed by atoms with Gasteiger partial charge in [0.15, 0.2) is 0 Å². The van der Waals surface area contributed by atoms with Crippen LogP contribution in [-0.4, -0.2) is 10.2 Å². The van der Waals surface area contributed by atoms with Crippen molar-refractivity contribution in [3.8, 4) is 0 Å². The summed E-state index contributed by atoms with van der Waals surface area (Å²) in [5.41, 5.74) is 2.07. The molecule has 0 aliphatic carbocycles. The number of halogens is 1. The van der Waals surface area contributed by atoms with Crippen LogP contribution in [0.4, 0.5) is 11.7 Å². The maximum absolute atomic E-state index is 5.73. The summed E-state index contributed by atoms with van der Waals surface area (Å²) >= 11 is 3.41. The molecule has 0 spiro atoms. The zero-order valence-electron chi connectivity index (χ0n) is 12.7. The molecule has 24 heavy (non-hydrogen) atoms. The highest BCUT2D eigenvalue weighted by Gasteiger charge is 2.09. The number of aromatic nitrogens is 2. The minimum Gasteiger partial charge on any atom is -0.408 e. The first-order valence-electron chi connectivity index (χ1n) is 7.59. The fourth-order valence-electron chi connectivity index (χ4n) is 2.64. The average Bonchev–Trinajstić information content (AvgIpc) is 3.04. The van der Waals surface area contributed by atoms with E-state index in [1.165, 1.54) is 16.3 Å². The number of nitrogens with zero attached hydrogens (tertiary/aromatic N) is 2. The van der Waals surface area contributed by atoms with E-state index in [2.05, 4.69) is 61.8 Å². The first-order valence-corrected chi connectivity index (χ1v) is 8.39. The Morgan fingerprint density at radius 1 is 0.875 bits per heavy atom. The van der Waals surface area contributed by atoms with Crippen molar-refractivity contribution in [2.24, 2.45) is 0 Å². The summed E-state index contributed by atoms with van der Waals surface area (Å²) in [4.78, 5) is 0. The van der Waals surface area contributed by atoms with Gasteiger partial charge in [0.25, 0.3) is 0 Å². The number of rotatable bonds is 4. The van der Waals surface area contributed by atoms with E-state index >= 15 is 0 Å². The van der Waals surface area contributed by atoms with Gasteiger partial charge in [-0.1, -0.05) is 63.5 Å². The van der Waals surface area contributed by atoms with Gasteiger partial charge in [-0.2, -0.15) is 0 Å². The normalized spacial score (nSPS) is 10.9. The van der Waals surface area contributed by atoms with E-state index in [4.69, 9.17) is 4.42 Å². The third-order valence-electron chi connectivity index (χ3n) is 3.78. The number of hydrogen-bond acceptors (Lipinski definition) is 4. The lowest BCUT2D eigenvalue weighted by Gasteiger charge is -2.04. The van der Waals surface area contributed by atoms with Gasteiger partial charge in [0.1, 0.15) is 0 Å². The molecule has 1 aromatic heterocycles. The molecule has 1 N–H and O–H groups in total. The highest BCUT2D eigenvalue weighted by Crippen LogP contribution is 2.23. The lowest BCUT2D eigenvalue weighted by atomic mass is 10.0.